The first kappa shape index (κ1) is 13.5. The molecule has 3 nitrogen and oxygen atoms in total. The zero-order valence-corrected chi connectivity index (χ0v) is 11.2. The third-order valence-electron chi connectivity index (χ3n) is 2.99. The van der Waals surface area contributed by atoms with Crippen molar-refractivity contribution in [3.05, 3.63) is 59.7 Å². The highest BCUT2D eigenvalue weighted by molar-refractivity contribution is 5.44. The maximum Gasteiger partial charge on any atom is 0.123 e. The monoisotopic (exact) mass is 259 g/mol. The molecule has 2 N–H and O–H groups in total. The van der Waals surface area contributed by atoms with Crippen molar-refractivity contribution in [1.29, 1.82) is 0 Å². The maximum absolute atomic E-state index is 13.1. The van der Waals surface area contributed by atoms with Gasteiger partial charge in [0.05, 0.1) is 17.6 Å². The fourth-order valence-electron chi connectivity index (χ4n) is 1.89. The van der Waals surface area contributed by atoms with Crippen molar-refractivity contribution in [2.45, 2.75) is 19.5 Å². The molecule has 0 saturated carbocycles. The van der Waals surface area contributed by atoms with E-state index in [0.29, 0.717) is 6.54 Å². The van der Waals surface area contributed by atoms with E-state index in [9.17, 15) is 4.39 Å². The van der Waals surface area contributed by atoms with E-state index >= 15 is 0 Å². The normalized spacial score (nSPS) is 12.2. The van der Waals surface area contributed by atoms with E-state index in [2.05, 4.69) is 4.98 Å². The van der Waals surface area contributed by atoms with Gasteiger partial charge in [0.2, 0.25) is 0 Å². The molecule has 1 aromatic carbocycles. The highest BCUT2D eigenvalue weighted by atomic mass is 19.1. The van der Waals surface area contributed by atoms with Crippen LogP contribution in [0.25, 0.3) is 0 Å². The minimum absolute atomic E-state index is 0.0671. The van der Waals surface area contributed by atoms with Gasteiger partial charge in [0.25, 0.3) is 0 Å². The fourth-order valence-corrected chi connectivity index (χ4v) is 1.89. The van der Waals surface area contributed by atoms with Crippen molar-refractivity contribution in [2.24, 2.45) is 5.73 Å². The molecule has 2 rings (SSSR count). The summed E-state index contributed by atoms with van der Waals surface area (Å²) in [4.78, 5) is 6.34. The maximum atomic E-state index is 13.1. The van der Waals surface area contributed by atoms with Crippen LogP contribution in [-0.2, 0) is 6.54 Å². The number of nitrogens with two attached hydrogens (primary N) is 1. The molecule has 100 valence electrons. The number of pyridine rings is 1. The SMILES string of the molecule is C[C@@H](N)c1ccc(N(C)Cc2cccc(F)c2)cn1. The van der Waals surface area contributed by atoms with E-state index in [-0.39, 0.29) is 11.9 Å². The molecule has 19 heavy (non-hydrogen) atoms. The molecule has 1 heterocycles. The van der Waals surface area contributed by atoms with Gasteiger partial charge in [-0.2, -0.15) is 0 Å². The van der Waals surface area contributed by atoms with E-state index in [1.165, 1.54) is 6.07 Å². The number of aromatic nitrogens is 1. The van der Waals surface area contributed by atoms with Crippen LogP contribution >= 0.6 is 0 Å². The van der Waals surface area contributed by atoms with Crippen molar-refractivity contribution in [3.63, 3.8) is 0 Å². The van der Waals surface area contributed by atoms with E-state index in [1.807, 2.05) is 37.1 Å². The topological polar surface area (TPSA) is 42.1 Å². The average Bonchev–Trinajstić information content (AvgIpc) is 2.39. The number of hydrogen-bond donors (Lipinski definition) is 1. The molecule has 0 unspecified atom stereocenters. The van der Waals surface area contributed by atoms with Crippen molar-refractivity contribution in [1.82, 2.24) is 4.98 Å². The third-order valence-corrected chi connectivity index (χ3v) is 2.99. The molecular weight excluding hydrogens is 241 g/mol. The second kappa shape index (κ2) is 5.80. The lowest BCUT2D eigenvalue weighted by molar-refractivity contribution is 0.625. The standard InChI is InChI=1S/C15H18FN3/c1-11(17)15-7-6-14(9-18-15)19(2)10-12-4-3-5-13(16)8-12/h3-9,11H,10,17H2,1-2H3/t11-/m1/s1. The first-order valence-electron chi connectivity index (χ1n) is 6.23. The molecule has 2 aromatic rings. The van der Waals surface area contributed by atoms with Gasteiger partial charge in [0, 0.05) is 19.6 Å². The predicted octanol–water partition coefficient (Wildman–Crippen LogP) is 2.88. The van der Waals surface area contributed by atoms with Crippen molar-refractivity contribution in [3.8, 4) is 0 Å². The summed E-state index contributed by atoms with van der Waals surface area (Å²) in [5.74, 6) is -0.212. The van der Waals surface area contributed by atoms with Crippen LogP contribution in [-0.4, -0.2) is 12.0 Å². The smallest absolute Gasteiger partial charge is 0.123 e. The number of benzene rings is 1. The van der Waals surface area contributed by atoms with E-state index in [0.717, 1.165) is 16.9 Å². The summed E-state index contributed by atoms with van der Waals surface area (Å²) in [6.45, 7) is 2.54. The zero-order chi connectivity index (χ0) is 13.8. The van der Waals surface area contributed by atoms with E-state index in [1.54, 1.807) is 18.3 Å². The summed E-state index contributed by atoms with van der Waals surface area (Å²) in [5, 5.41) is 0. The lowest BCUT2D eigenvalue weighted by Gasteiger charge is -2.19. The van der Waals surface area contributed by atoms with Crippen molar-refractivity contribution >= 4 is 5.69 Å². The molecule has 0 amide bonds. The first-order chi connectivity index (χ1) is 9.06. The summed E-state index contributed by atoms with van der Waals surface area (Å²) >= 11 is 0. The Labute approximate surface area is 112 Å². The van der Waals surface area contributed by atoms with Crippen LogP contribution in [0, 0.1) is 5.82 Å². The van der Waals surface area contributed by atoms with E-state index in [4.69, 9.17) is 5.73 Å². The first-order valence-corrected chi connectivity index (χ1v) is 6.23. The third kappa shape index (κ3) is 3.51. The molecule has 1 atom stereocenters. The Balaban J connectivity index is 2.09. The minimum atomic E-state index is -0.212. The van der Waals surface area contributed by atoms with Gasteiger partial charge >= 0.3 is 0 Å². The van der Waals surface area contributed by atoms with Gasteiger partial charge < -0.3 is 10.6 Å². The molecule has 0 radical (unpaired) electrons. The largest absolute Gasteiger partial charge is 0.369 e. The number of nitrogens with zero attached hydrogens (tertiary/aromatic N) is 2. The van der Waals surface area contributed by atoms with Crippen LogP contribution < -0.4 is 10.6 Å². The molecule has 1 aromatic heterocycles. The van der Waals surface area contributed by atoms with Crippen LogP contribution in [0.2, 0.25) is 0 Å². The second-order valence-corrected chi connectivity index (χ2v) is 4.72. The average molecular weight is 259 g/mol. The Hall–Kier alpha value is -1.94. The highest BCUT2D eigenvalue weighted by Crippen LogP contribution is 2.16. The van der Waals surface area contributed by atoms with Crippen LogP contribution in [0.5, 0.6) is 0 Å². The lowest BCUT2D eigenvalue weighted by Crippen LogP contribution is -2.17. The van der Waals surface area contributed by atoms with Gasteiger partial charge in [0.15, 0.2) is 0 Å². The Morgan fingerprint density at radius 1 is 1.32 bits per heavy atom. The van der Waals surface area contributed by atoms with Crippen LogP contribution in [0.1, 0.15) is 24.2 Å². The molecule has 0 spiro atoms. The van der Waals surface area contributed by atoms with Gasteiger partial charge in [0.1, 0.15) is 5.82 Å². The summed E-state index contributed by atoms with van der Waals surface area (Å²) < 4.78 is 13.1. The number of anilines is 1. The fraction of sp³-hybridized carbons (Fsp3) is 0.267. The van der Waals surface area contributed by atoms with Crippen molar-refractivity contribution < 1.29 is 4.39 Å². The molecule has 0 aliphatic heterocycles. The van der Waals surface area contributed by atoms with Crippen LogP contribution in [0.15, 0.2) is 42.6 Å². The molecule has 0 saturated heterocycles. The Morgan fingerprint density at radius 3 is 2.68 bits per heavy atom. The van der Waals surface area contributed by atoms with E-state index < -0.39 is 0 Å². The predicted molar refractivity (Wildman–Crippen MR) is 75.3 cm³/mol. The highest BCUT2D eigenvalue weighted by Gasteiger charge is 2.05. The molecule has 0 fully saturated rings. The summed E-state index contributed by atoms with van der Waals surface area (Å²) in [6, 6.07) is 10.4. The van der Waals surface area contributed by atoms with Crippen LogP contribution in [0.3, 0.4) is 0 Å². The van der Waals surface area contributed by atoms with Crippen molar-refractivity contribution in [2.75, 3.05) is 11.9 Å². The van der Waals surface area contributed by atoms with Gasteiger partial charge in [-0.25, -0.2) is 4.39 Å². The lowest BCUT2D eigenvalue weighted by atomic mass is 10.2. The molecule has 4 heteroatoms. The van der Waals surface area contributed by atoms with Gasteiger partial charge in [-0.05, 0) is 36.8 Å². The van der Waals surface area contributed by atoms with Crippen LogP contribution in [0.4, 0.5) is 10.1 Å². The minimum Gasteiger partial charge on any atom is -0.369 e. The number of hydrogen-bond acceptors (Lipinski definition) is 3. The van der Waals surface area contributed by atoms with Gasteiger partial charge in [-0.3, -0.25) is 4.98 Å². The number of rotatable bonds is 4. The van der Waals surface area contributed by atoms with Gasteiger partial charge in [-0.15, -0.1) is 0 Å². The Bertz CT molecular complexity index is 537. The molecule has 0 bridgehead atoms. The quantitative estimate of drug-likeness (QED) is 0.918. The summed E-state index contributed by atoms with van der Waals surface area (Å²) in [7, 11) is 1.95. The Kier molecular flexibility index (Phi) is 4.12. The second-order valence-electron chi connectivity index (χ2n) is 4.72. The Morgan fingerprint density at radius 2 is 2.11 bits per heavy atom. The molecule has 0 aliphatic rings. The zero-order valence-electron chi connectivity index (χ0n) is 11.2. The number of halogens is 1. The summed E-state index contributed by atoms with van der Waals surface area (Å²) in [6.07, 6.45) is 1.79. The van der Waals surface area contributed by atoms with Gasteiger partial charge in [-0.1, -0.05) is 12.1 Å². The molecule has 0 aliphatic carbocycles. The molecular formula is C15H18FN3. The summed E-state index contributed by atoms with van der Waals surface area (Å²) in [5.41, 5.74) is 8.54.